The highest BCUT2D eigenvalue weighted by atomic mass is 32.2. The first-order valence-corrected chi connectivity index (χ1v) is 4.79. The molecule has 12 heavy (non-hydrogen) atoms. The van der Waals surface area contributed by atoms with Crippen LogP contribution in [0.2, 0.25) is 0 Å². The molecule has 0 aromatic carbocycles. The van der Waals surface area contributed by atoms with Gasteiger partial charge in [-0.05, 0) is 19.3 Å². The van der Waals surface area contributed by atoms with Gasteiger partial charge in [0, 0.05) is 18.5 Å². The van der Waals surface area contributed by atoms with Crippen molar-refractivity contribution in [3.63, 3.8) is 0 Å². The molecular weight excluding hydrogens is 168 g/mol. The van der Waals surface area contributed by atoms with Crippen molar-refractivity contribution in [1.29, 1.82) is 5.41 Å². The maximum absolute atomic E-state index is 7.74. The Hall–Kier alpha value is -0.700. The SMILES string of the molecule is C=CS/C(=C\C)C(=N)N(C)CC. The van der Waals surface area contributed by atoms with Crippen LogP contribution in [0.1, 0.15) is 13.8 Å². The van der Waals surface area contributed by atoms with E-state index in [0.29, 0.717) is 5.84 Å². The number of hydrogen-bond acceptors (Lipinski definition) is 2. The van der Waals surface area contributed by atoms with Gasteiger partial charge in [0.1, 0.15) is 5.84 Å². The maximum atomic E-state index is 7.74. The maximum Gasteiger partial charge on any atom is 0.134 e. The molecule has 0 atom stereocenters. The summed E-state index contributed by atoms with van der Waals surface area (Å²) in [6.45, 7) is 8.44. The molecular formula is C9H16N2S. The fraction of sp³-hybridized carbons (Fsp3) is 0.444. The van der Waals surface area contributed by atoms with Crippen molar-refractivity contribution in [2.24, 2.45) is 0 Å². The molecule has 0 aliphatic rings. The van der Waals surface area contributed by atoms with E-state index in [2.05, 4.69) is 6.58 Å². The van der Waals surface area contributed by atoms with E-state index in [-0.39, 0.29) is 0 Å². The summed E-state index contributed by atoms with van der Waals surface area (Å²) in [4.78, 5) is 2.85. The fourth-order valence-corrected chi connectivity index (χ4v) is 1.28. The number of nitrogens with zero attached hydrogens (tertiary/aromatic N) is 1. The lowest BCUT2D eigenvalue weighted by atomic mass is 10.4. The largest absolute Gasteiger partial charge is 0.360 e. The molecule has 0 unspecified atom stereocenters. The van der Waals surface area contributed by atoms with Crippen LogP contribution in [0.15, 0.2) is 23.0 Å². The van der Waals surface area contributed by atoms with Crippen molar-refractivity contribution in [1.82, 2.24) is 4.90 Å². The normalized spacial score (nSPS) is 11.1. The zero-order chi connectivity index (χ0) is 9.56. The molecule has 0 bridgehead atoms. The van der Waals surface area contributed by atoms with Gasteiger partial charge in [-0.25, -0.2) is 0 Å². The van der Waals surface area contributed by atoms with Crippen LogP contribution < -0.4 is 0 Å². The summed E-state index contributed by atoms with van der Waals surface area (Å²) >= 11 is 1.49. The van der Waals surface area contributed by atoms with Gasteiger partial charge in [0.25, 0.3) is 0 Å². The van der Waals surface area contributed by atoms with Crippen LogP contribution >= 0.6 is 11.8 Å². The van der Waals surface area contributed by atoms with Crippen molar-refractivity contribution < 1.29 is 0 Å². The molecule has 68 valence electrons. The highest BCUT2D eigenvalue weighted by Crippen LogP contribution is 2.18. The summed E-state index contributed by atoms with van der Waals surface area (Å²) in [5, 5.41) is 9.49. The Morgan fingerprint density at radius 2 is 2.25 bits per heavy atom. The number of amidine groups is 1. The van der Waals surface area contributed by atoms with Gasteiger partial charge in [-0.2, -0.15) is 0 Å². The number of thioether (sulfide) groups is 1. The number of hydrogen-bond donors (Lipinski definition) is 1. The summed E-state index contributed by atoms with van der Waals surface area (Å²) in [6.07, 6.45) is 1.93. The van der Waals surface area contributed by atoms with Crippen LogP contribution in [0.4, 0.5) is 0 Å². The molecule has 0 spiro atoms. The van der Waals surface area contributed by atoms with Crippen molar-refractivity contribution >= 4 is 17.6 Å². The Morgan fingerprint density at radius 1 is 1.67 bits per heavy atom. The Kier molecular flexibility index (Phi) is 5.54. The second-order valence-corrected chi connectivity index (χ2v) is 3.31. The molecule has 0 amide bonds. The third-order valence-corrected chi connectivity index (χ3v) is 2.41. The quantitative estimate of drug-likeness (QED) is 0.537. The molecule has 0 aliphatic carbocycles. The molecule has 3 heteroatoms. The third kappa shape index (κ3) is 3.13. The van der Waals surface area contributed by atoms with Gasteiger partial charge < -0.3 is 4.90 Å². The third-order valence-electron chi connectivity index (χ3n) is 1.56. The minimum Gasteiger partial charge on any atom is -0.360 e. The first-order valence-electron chi connectivity index (χ1n) is 3.91. The van der Waals surface area contributed by atoms with Crippen LogP contribution in [0, 0.1) is 5.41 Å². The fourth-order valence-electron chi connectivity index (χ4n) is 0.697. The van der Waals surface area contributed by atoms with Crippen molar-refractivity contribution in [3.05, 3.63) is 23.0 Å². The summed E-state index contributed by atoms with van der Waals surface area (Å²) in [5.41, 5.74) is 0. The van der Waals surface area contributed by atoms with E-state index >= 15 is 0 Å². The average molecular weight is 184 g/mol. The molecule has 0 heterocycles. The minimum absolute atomic E-state index is 0.560. The van der Waals surface area contributed by atoms with Gasteiger partial charge in [-0.3, -0.25) is 5.41 Å². The Bertz CT molecular complexity index is 197. The van der Waals surface area contributed by atoms with E-state index in [0.717, 1.165) is 11.4 Å². The smallest absolute Gasteiger partial charge is 0.134 e. The summed E-state index contributed by atoms with van der Waals surface area (Å²) in [7, 11) is 1.91. The molecule has 1 N–H and O–H groups in total. The van der Waals surface area contributed by atoms with E-state index < -0.39 is 0 Å². The Balaban J connectivity index is 4.32. The van der Waals surface area contributed by atoms with Gasteiger partial charge >= 0.3 is 0 Å². The first kappa shape index (κ1) is 11.3. The topological polar surface area (TPSA) is 27.1 Å². The van der Waals surface area contributed by atoms with Crippen molar-refractivity contribution in [2.45, 2.75) is 13.8 Å². The first-order chi connectivity index (χ1) is 5.67. The van der Waals surface area contributed by atoms with Crippen LogP contribution in [0.3, 0.4) is 0 Å². The van der Waals surface area contributed by atoms with E-state index in [9.17, 15) is 0 Å². The summed E-state index contributed by atoms with van der Waals surface area (Å²) in [6, 6.07) is 0. The Labute approximate surface area is 78.8 Å². The summed E-state index contributed by atoms with van der Waals surface area (Å²) in [5.74, 6) is 0.560. The molecule has 0 rings (SSSR count). The molecule has 0 saturated heterocycles. The summed E-state index contributed by atoms with van der Waals surface area (Å²) < 4.78 is 0. The predicted molar refractivity (Wildman–Crippen MR) is 57.6 cm³/mol. The number of likely N-dealkylation sites (N-methyl/N-ethyl adjacent to an activating group) is 1. The highest BCUT2D eigenvalue weighted by Gasteiger charge is 2.06. The molecule has 0 aliphatic heterocycles. The number of nitrogens with one attached hydrogen (secondary N) is 1. The lowest BCUT2D eigenvalue weighted by Gasteiger charge is -2.18. The van der Waals surface area contributed by atoms with Gasteiger partial charge in [0.15, 0.2) is 0 Å². The van der Waals surface area contributed by atoms with E-state index in [1.54, 1.807) is 5.41 Å². The van der Waals surface area contributed by atoms with Gasteiger partial charge in [-0.15, -0.1) is 0 Å². The monoisotopic (exact) mass is 184 g/mol. The molecule has 0 radical (unpaired) electrons. The molecule has 0 aromatic heterocycles. The number of rotatable bonds is 4. The molecule has 0 saturated carbocycles. The standard InChI is InChI=1S/C9H16N2S/c1-5-8(12-7-3)9(10)11(4)6-2/h5,7,10H,3,6H2,1-2,4H3/b8-5-,10-9?. The molecule has 0 fully saturated rings. The van der Waals surface area contributed by atoms with Crippen molar-refractivity contribution in [3.8, 4) is 0 Å². The molecule has 2 nitrogen and oxygen atoms in total. The zero-order valence-electron chi connectivity index (χ0n) is 7.92. The van der Waals surface area contributed by atoms with Gasteiger partial charge in [-0.1, -0.05) is 24.4 Å². The average Bonchev–Trinajstić information content (AvgIpc) is 2.11. The second-order valence-electron chi connectivity index (χ2n) is 2.30. The van der Waals surface area contributed by atoms with Crippen molar-refractivity contribution in [2.75, 3.05) is 13.6 Å². The minimum atomic E-state index is 0.560. The van der Waals surface area contributed by atoms with Gasteiger partial charge in [0.05, 0.1) is 0 Å². The zero-order valence-corrected chi connectivity index (χ0v) is 8.74. The van der Waals surface area contributed by atoms with Crippen LogP contribution in [-0.4, -0.2) is 24.3 Å². The predicted octanol–water partition coefficient (Wildman–Crippen LogP) is 2.70. The van der Waals surface area contributed by atoms with Crippen LogP contribution in [-0.2, 0) is 0 Å². The van der Waals surface area contributed by atoms with E-state index in [1.807, 2.05) is 31.9 Å². The lowest BCUT2D eigenvalue weighted by molar-refractivity contribution is 0.534. The lowest BCUT2D eigenvalue weighted by Crippen LogP contribution is -2.25. The second kappa shape index (κ2) is 5.89. The highest BCUT2D eigenvalue weighted by molar-refractivity contribution is 8.06. The number of allylic oxidation sites excluding steroid dienone is 1. The van der Waals surface area contributed by atoms with Gasteiger partial charge in [0.2, 0.25) is 0 Å². The molecule has 0 aromatic rings. The van der Waals surface area contributed by atoms with E-state index in [4.69, 9.17) is 5.41 Å². The van der Waals surface area contributed by atoms with Crippen LogP contribution in [0.5, 0.6) is 0 Å². The Morgan fingerprint density at radius 3 is 2.58 bits per heavy atom. The van der Waals surface area contributed by atoms with E-state index in [1.165, 1.54) is 11.8 Å². The van der Waals surface area contributed by atoms with Crippen LogP contribution in [0.25, 0.3) is 0 Å².